The first-order valence-corrected chi connectivity index (χ1v) is 5.75. The third-order valence-corrected chi connectivity index (χ3v) is 4.52. The molecule has 2 saturated carbocycles. The average Bonchev–Trinajstić information content (AvgIpc) is 2.94. The number of rotatable bonds is 0. The molecule has 2 heterocycles. The van der Waals surface area contributed by atoms with E-state index in [0.29, 0.717) is 13.2 Å². The van der Waals surface area contributed by atoms with Gasteiger partial charge in [0.1, 0.15) is 0 Å². The lowest BCUT2D eigenvalue weighted by atomic mass is 9.77. The molecule has 16 heavy (non-hydrogen) atoms. The van der Waals surface area contributed by atoms with Crippen molar-refractivity contribution in [2.24, 2.45) is 23.7 Å². The largest absolute Gasteiger partial charge is 0.393 e. The minimum absolute atomic E-state index is 0.0175. The van der Waals surface area contributed by atoms with Gasteiger partial charge in [0.2, 0.25) is 0 Å². The maximum atomic E-state index is 11.6. The number of carbonyl (C=O) groups is 2. The van der Waals surface area contributed by atoms with Crippen LogP contribution >= 0.6 is 0 Å². The molecule has 0 aromatic carbocycles. The van der Waals surface area contributed by atoms with Crippen molar-refractivity contribution in [2.45, 2.75) is 18.6 Å². The van der Waals surface area contributed by atoms with Crippen LogP contribution in [0.15, 0.2) is 0 Å². The van der Waals surface area contributed by atoms with Crippen molar-refractivity contribution in [3.8, 4) is 0 Å². The number of hydrogen-bond donors (Lipinski definition) is 0. The number of ether oxygens (including phenoxy) is 3. The second-order valence-electron chi connectivity index (χ2n) is 5.11. The highest BCUT2D eigenvalue weighted by molar-refractivity contribution is 5.97. The molecule has 0 aromatic heterocycles. The molecule has 0 amide bonds. The first kappa shape index (κ1) is 9.13. The maximum Gasteiger partial charge on any atom is 0.317 e. The minimum Gasteiger partial charge on any atom is -0.393 e. The van der Waals surface area contributed by atoms with E-state index in [2.05, 4.69) is 0 Å². The van der Waals surface area contributed by atoms with Gasteiger partial charge < -0.3 is 14.2 Å². The van der Waals surface area contributed by atoms with Crippen molar-refractivity contribution in [3.05, 3.63) is 0 Å². The highest BCUT2D eigenvalue weighted by Crippen LogP contribution is 2.62. The van der Waals surface area contributed by atoms with Gasteiger partial charge in [-0.1, -0.05) is 0 Å². The van der Waals surface area contributed by atoms with Gasteiger partial charge in [-0.25, -0.2) is 0 Å². The van der Waals surface area contributed by atoms with E-state index < -0.39 is 5.79 Å². The maximum absolute atomic E-state index is 11.6. The molecule has 2 saturated heterocycles. The summed E-state index contributed by atoms with van der Waals surface area (Å²) in [5.41, 5.74) is 0. The standard InChI is InChI=1S/C11H12O5/c12-9-7-5-3-6(8(7)10(13)16-9)11(4-5)14-1-2-15-11/h5-8H,1-4H2/t5-,6-,7+,8-/m1/s1. The Morgan fingerprint density at radius 1 is 1.06 bits per heavy atom. The SMILES string of the molecule is O=C1OC(=O)[C@H]2[C@@H]1[C@@H]1C[C@H]2C2(C1)OCCO2. The van der Waals surface area contributed by atoms with Gasteiger partial charge in [0.25, 0.3) is 0 Å². The second-order valence-corrected chi connectivity index (χ2v) is 5.11. The molecule has 1 spiro atoms. The molecule has 5 nitrogen and oxygen atoms in total. The molecule has 2 aliphatic heterocycles. The molecule has 0 aromatic rings. The van der Waals surface area contributed by atoms with E-state index in [9.17, 15) is 9.59 Å². The topological polar surface area (TPSA) is 61.8 Å². The molecule has 2 aliphatic carbocycles. The van der Waals surface area contributed by atoms with E-state index >= 15 is 0 Å². The lowest BCUT2D eigenvalue weighted by Crippen LogP contribution is -2.44. The highest BCUT2D eigenvalue weighted by Gasteiger charge is 2.70. The summed E-state index contributed by atoms with van der Waals surface area (Å²) in [7, 11) is 0. The van der Waals surface area contributed by atoms with Crippen LogP contribution in [-0.2, 0) is 23.8 Å². The van der Waals surface area contributed by atoms with Gasteiger partial charge in [-0.15, -0.1) is 0 Å². The molecular weight excluding hydrogens is 212 g/mol. The molecular formula is C11H12O5. The van der Waals surface area contributed by atoms with Crippen molar-refractivity contribution < 1.29 is 23.8 Å². The van der Waals surface area contributed by atoms with E-state index in [0.717, 1.165) is 12.8 Å². The number of hydrogen-bond acceptors (Lipinski definition) is 5. The van der Waals surface area contributed by atoms with Crippen LogP contribution in [0, 0.1) is 23.7 Å². The molecule has 4 aliphatic rings. The van der Waals surface area contributed by atoms with Gasteiger partial charge in [-0.3, -0.25) is 9.59 Å². The Balaban J connectivity index is 1.74. The number of fused-ring (bicyclic) bond motifs is 6. The number of esters is 2. The lowest BCUT2D eigenvalue weighted by molar-refractivity contribution is -0.206. The quantitative estimate of drug-likeness (QED) is 0.431. The Kier molecular flexibility index (Phi) is 1.51. The zero-order valence-electron chi connectivity index (χ0n) is 8.68. The molecule has 4 fully saturated rings. The molecule has 5 heteroatoms. The fourth-order valence-electron chi connectivity index (χ4n) is 4.03. The van der Waals surface area contributed by atoms with Crippen LogP contribution in [-0.4, -0.2) is 30.9 Å². The van der Waals surface area contributed by atoms with Gasteiger partial charge in [0.15, 0.2) is 5.79 Å². The molecule has 0 N–H and O–H groups in total. The lowest BCUT2D eigenvalue weighted by Gasteiger charge is -2.35. The summed E-state index contributed by atoms with van der Waals surface area (Å²) in [4.78, 5) is 23.2. The van der Waals surface area contributed by atoms with E-state index in [-0.39, 0.29) is 35.6 Å². The van der Waals surface area contributed by atoms with E-state index in [4.69, 9.17) is 14.2 Å². The predicted molar refractivity (Wildman–Crippen MR) is 48.9 cm³/mol. The summed E-state index contributed by atoms with van der Waals surface area (Å²) in [6, 6.07) is 0. The normalized spacial score (nSPS) is 47.8. The smallest absolute Gasteiger partial charge is 0.317 e. The first-order chi connectivity index (χ1) is 7.71. The highest BCUT2D eigenvalue weighted by atomic mass is 16.7. The van der Waals surface area contributed by atoms with Crippen LogP contribution in [0.2, 0.25) is 0 Å². The summed E-state index contributed by atoms with van der Waals surface area (Å²) in [5.74, 6) is -1.62. The van der Waals surface area contributed by atoms with Crippen LogP contribution in [0.25, 0.3) is 0 Å². The monoisotopic (exact) mass is 224 g/mol. The van der Waals surface area contributed by atoms with Crippen LogP contribution in [0.4, 0.5) is 0 Å². The third kappa shape index (κ3) is 0.858. The summed E-state index contributed by atoms with van der Waals surface area (Å²) >= 11 is 0. The van der Waals surface area contributed by atoms with Gasteiger partial charge in [-0.05, 0) is 12.3 Å². The molecule has 2 bridgehead atoms. The Labute approximate surface area is 92.0 Å². The summed E-state index contributed by atoms with van der Waals surface area (Å²) in [6.07, 6.45) is 1.59. The minimum atomic E-state index is -0.588. The summed E-state index contributed by atoms with van der Waals surface area (Å²) < 4.78 is 16.1. The van der Waals surface area contributed by atoms with Crippen LogP contribution < -0.4 is 0 Å². The second kappa shape index (κ2) is 2.65. The zero-order chi connectivity index (χ0) is 10.9. The summed E-state index contributed by atoms with van der Waals surface area (Å²) in [5, 5.41) is 0. The summed E-state index contributed by atoms with van der Waals surface area (Å²) in [6.45, 7) is 1.17. The van der Waals surface area contributed by atoms with Crippen LogP contribution in [0.1, 0.15) is 12.8 Å². The fourth-order valence-corrected chi connectivity index (χ4v) is 4.03. The Morgan fingerprint density at radius 2 is 1.75 bits per heavy atom. The van der Waals surface area contributed by atoms with Crippen LogP contribution in [0.3, 0.4) is 0 Å². The van der Waals surface area contributed by atoms with Crippen molar-refractivity contribution in [2.75, 3.05) is 13.2 Å². The van der Waals surface area contributed by atoms with Crippen molar-refractivity contribution in [1.82, 2.24) is 0 Å². The van der Waals surface area contributed by atoms with Gasteiger partial charge in [0, 0.05) is 12.3 Å². The zero-order valence-corrected chi connectivity index (χ0v) is 8.68. The van der Waals surface area contributed by atoms with Gasteiger partial charge >= 0.3 is 11.9 Å². The molecule has 0 unspecified atom stereocenters. The van der Waals surface area contributed by atoms with E-state index in [1.807, 2.05) is 0 Å². The molecule has 0 radical (unpaired) electrons. The van der Waals surface area contributed by atoms with Gasteiger partial charge in [0.05, 0.1) is 25.0 Å². The predicted octanol–water partition coefficient (Wildman–Crippen LogP) is 0.0851. The number of cyclic esters (lactones) is 2. The fraction of sp³-hybridized carbons (Fsp3) is 0.818. The molecule has 86 valence electrons. The average molecular weight is 224 g/mol. The van der Waals surface area contributed by atoms with Crippen molar-refractivity contribution in [3.63, 3.8) is 0 Å². The van der Waals surface area contributed by atoms with Gasteiger partial charge in [-0.2, -0.15) is 0 Å². The third-order valence-electron chi connectivity index (χ3n) is 4.52. The Bertz CT molecular complexity index is 384. The first-order valence-electron chi connectivity index (χ1n) is 5.75. The van der Waals surface area contributed by atoms with Crippen molar-refractivity contribution >= 4 is 11.9 Å². The molecule has 4 atom stereocenters. The van der Waals surface area contributed by atoms with Crippen molar-refractivity contribution in [1.29, 1.82) is 0 Å². The molecule has 4 rings (SSSR count). The Hall–Kier alpha value is -0.940. The Morgan fingerprint density at radius 3 is 2.50 bits per heavy atom. The number of carbonyl (C=O) groups excluding carboxylic acids is 2. The van der Waals surface area contributed by atoms with E-state index in [1.165, 1.54) is 0 Å². The van der Waals surface area contributed by atoms with Crippen LogP contribution in [0.5, 0.6) is 0 Å². The van der Waals surface area contributed by atoms with E-state index in [1.54, 1.807) is 0 Å².